The van der Waals surface area contributed by atoms with Crippen LogP contribution in [0.3, 0.4) is 0 Å². The summed E-state index contributed by atoms with van der Waals surface area (Å²) >= 11 is 3.60. The summed E-state index contributed by atoms with van der Waals surface area (Å²) in [6.07, 6.45) is 37.3. The quantitative estimate of drug-likeness (QED) is 0.147. The molecule has 16 heteroatoms. The minimum Gasteiger partial charge on any atom is -0.348 e. The van der Waals surface area contributed by atoms with Gasteiger partial charge in [0.15, 0.2) is 0 Å². The Hall–Kier alpha value is -9.77. The van der Waals surface area contributed by atoms with E-state index in [9.17, 15) is 0 Å². The van der Waals surface area contributed by atoms with Crippen LogP contribution in [0.5, 0.6) is 0 Å². The Labute approximate surface area is 763 Å². The fourth-order valence-electron chi connectivity index (χ4n) is 10.6. The average Bonchev–Trinajstić information content (AvgIpc) is 0.940. The number of rotatable bonds is 9. The van der Waals surface area contributed by atoms with E-state index < -0.39 is 0 Å². The van der Waals surface area contributed by atoms with Gasteiger partial charge >= 0.3 is 0 Å². The van der Waals surface area contributed by atoms with Gasteiger partial charge in [-0.05, 0) is 181 Å². The van der Waals surface area contributed by atoms with Gasteiger partial charge in [0.2, 0.25) is 0 Å². The van der Waals surface area contributed by atoms with Crippen LogP contribution in [0, 0.1) is 18.8 Å². The summed E-state index contributed by atoms with van der Waals surface area (Å²) in [6, 6.07) is 39.7. The first-order chi connectivity index (χ1) is 56.8. The Morgan fingerprint density at radius 2 is 1.03 bits per heavy atom. The van der Waals surface area contributed by atoms with E-state index in [0.717, 1.165) is 41.5 Å². The van der Waals surface area contributed by atoms with Crippen molar-refractivity contribution in [1.82, 2.24) is 64.2 Å². The van der Waals surface area contributed by atoms with Crippen molar-refractivity contribution in [3.8, 4) is 0 Å². The first-order valence-electron chi connectivity index (χ1n) is 43.2. The lowest BCUT2D eigenvalue weighted by atomic mass is 9.87. The third kappa shape index (κ3) is 49.7. The van der Waals surface area contributed by atoms with Gasteiger partial charge in [0.25, 0.3) is 0 Å². The Kier molecular flexibility index (Phi) is 57.7. The van der Waals surface area contributed by atoms with E-state index in [1.807, 2.05) is 133 Å². The summed E-state index contributed by atoms with van der Waals surface area (Å²) in [7, 11) is 3.99. The molecule has 1 N–H and O–H groups in total. The van der Waals surface area contributed by atoms with E-state index >= 15 is 0 Å². The number of hydrogen-bond donors (Lipinski definition) is 1. The zero-order valence-corrected chi connectivity index (χ0v) is 82.0. The Morgan fingerprint density at radius 1 is 0.427 bits per heavy atom. The lowest BCUT2D eigenvalue weighted by Crippen LogP contribution is -2.12. The van der Waals surface area contributed by atoms with Crippen LogP contribution in [0.4, 0.5) is 0 Å². The van der Waals surface area contributed by atoms with Crippen molar-refractivity contribution < 1.29 is 0 Å². The van der Waals surface area contributed by atoms with Gasteiger partial charge < -0.3 is 9.55 Å². The number of nitrogens with one attached hydrogen (secondary N) is 1. The number of fused-ring (bicyclic) bond motifs is 1. The average molecular weight is 1720 g/mol. The SMILES string of the molecule is C.C.C.CC(C)(C)c1ccccc1.CC(C)(C)c1ccccn1.CC(C)(C)c1cccs1.CC(C)(C)c1ccsc1.CC(C)C1=CCC=C1.CC(C)C1=NCC=C1.CC(C)c1ccncc1.CC(C)c1cnc2ccccc2c1.CC(C)c1cnccn1.CC(C)c1cncnc1.CC(C)c1ncc[nH]1.CC(C)c1nccn1C.Cc1cc(C(C)C)nn1C. The molecule has 2 aromatic carbocycles. The molecule has 0 bridgehead atoms. The normalized spacial score (nSPS) is 11.5. The molecule has 12 aromatic rings. The number of hydrogen-bond acceptors (Lipinski definition) is 13. The standard InChI is InChI=1S/C12H13N.C10H14.C9H13N.C8H14N2.C8H11N.2C8H12S.C8H12.C7H10N2.C7H12N2.C7H10N2.C7H11N.C6H10N2.3CH4/c1-9(2)11-7-10-5-3-4-6-12(10)13-8-11;1-10(2,3)9-7-5-4-6-8-9;1-9(2,3)8-6-4-5-7-10-8;1-6(2)8-5-7(3)10(4)9-8;1-7(2)8-3-5-9-6-4-8;1-8(2,3)7-4-5-9-6-7;1-8(2,3)7-5-4-6-9-7;1-7(2)8-5-3-4-6-8;1-6(2)7-3-8-5-9-4-7;1-6(2)7-8-4-5-9(7)3;1-6(2)7-5-8-3-4-9-7;1-6(2)7-4-3-5-8-7;1-5(2)6-7-3-4-8-6;;;/h3-9H,1-2H3;4-8H,1-3H3;4-7H,1-3H3;5-6H,1-4H3;3-7H,1-2H3;2*4-6H,1-3H3;3,5-7H,4H2,1-2H3;3-6H,1-2H3;4-6H,1-3H3;3-6H,1-2H3;3-4,6H,5H2,1-2H3;3-5H,1-2H3,(H,7,8);3*1H4. The van der Waals surface area contributed by atoms with Crippen molar-refractivity contribution in [2.75, 3.05) is 6.54 Å². The molecule has 10 aromatic heterocycles. The molecule has 0 atom stereocenters. The minimum absolute atomic E-state index is 0. The van der Waals surface area contributed by atoms with E-state index in [1.54, 1.807) is 42.5 Å². The van der Waals surface area contributed by atoms with Crippen LogP contribution >= 0.6 is 22.7 Å². The minimum atomic E-state index is 0. The van der Waals surface area contributed by atoms with E-state index in [1.165, 1.54) is 60.8 Å². The largest absolute Gasteiger partial charge is 0.348 e. The van der Waals surface area contributed by atoms with Crippen LogP contribution in [0.1, 0.15) is 345 Å². The van der Waals surface area contributed by atoms with Crippen molar-refractivity contribution in [3.63, 3.8) is 0 Å². The second-order valence-corrected chi connectivity index (χ2v) is 38.4. The van der Waals surface area contributed by atoms with Crippen LogP contribution < -0.4 is 0 Å². The maximum absolute atomic E-state index is 4.40. The molecule has 0 amide bonds. The number of aromatic nitrogens is 13. The van der Waals surface area contributed by atoms with E-state index in [2.05, 4.69) is 394 Å². The maximum Gasteiger partial charge on any atom is 0.115 e. The van der Waals surface area contributed by atoms with Crippen LogP contribution in [0.15, 0.2) is 259 Å². The number of nitrogens with zero attached hydrogens (tertiary/aromatic N) is 13. The van der Waals surface area contributed by atoms with Gasteiger partial charge in [-0.25, -0.2) is 19.9 Å². The molecule has 2 aliphatic rings. The van der Waals surface area contributed by atoms with Crippen molar-refractivity contribution in [1.29, 1.82) is 0 Å². The lowest BCUT2D eigenvalue weighted by molar-refractivity contribution is 0.569. The number of imidazole rings is 2. The van der Waals surface area contributed by atoms with E-state index in [0.29, 0.717) is 69.5 Å². The molecule has 0 saturated carbocycles. The monoisotopic (exact) mass is 1720 g/mol. The summed E-state index contributed by atoms with van der Waals surface area (Å²) < 4.78 is 3.96. The molecule has 0 spiro atoms. The van der Waals surface area contributed by atoms with E-state index in [4.69, 9.17) is 0 Å². The molecule has 14 nitrogen and oxygen atoms in total. The zero-order valence-electron chi connectivity index (χ0n) is 80.4. The zero-order chi connectivity index (χ0) is 90.9. The number of allylic oxidation sites excluding steroid dienone is 5. The summed E-state index contributed by atoms with van der Waals surface area (Å²) in [5.41, 5.74) is 16.2. The summed E-state index contributed by atoms with van der Waals surface area (Å²) in [5, 5.41) is 12.0. The van der Waals surface area contributed by atoms with Gasteiger partial charge in [-0.3, -0.25) is 34.6 Å². The highest BCUT2D eigenvalue weighted by molar-refractivity contribution is 7.10. The molecule has 0 unspecified atom stereocenters. The fourth-order valence-corrected chi connectivity index (χ4v) is 12.3. The number of aromatic amines is 1. The highest BCUT2D eigenvalue weighted by Gasteiger charge is 2.16. The molecule has 0 saturated heterocycles. The van der Waals surface area contributed by atoms with Gasteiger partial charge in [0, 0.05) is 139 Å². The number of aryl methyl sites for hydroxylation is 3. The van der Waals surface area contributed by atoms with Crippen molar-refractivity contribution in [2.24, 2.45) is 30.9 Å². The van der Waals surface area contributed by atoms with Crippen LogP contribution in [-0.2, 0) is 35.8 Å². The third-order valence-electron chi connectivity index (χ3n) is 18.7. The van der Waals surface area contributed by atoms with Gasteiger partial charge in [-0.15, -0.1) is 11.3 Å². The number of benzene rings is 2. The van der Waals surface area contributed by atoms with Crippen molar-refractivity contribution in [3.05, 3.63) is 321 Å². The predicted octanol–water partition coefficient (Wildman–Crippen LogP) is 31.2. The number of H-pyrrole nitrogens is 1. The summed E-state index contributed by atoms with van der Waals surface area (Å²) in [5.74, 6) is 7.31. The van der Waals surface area contributed by atoms with Gasteiger partial charge in [-0.1, -0.05) is 315 Å². The van der Waals surface area contributed by atoms with Crippen LogP contribution in [0.2, 0.25) is 0 Å². The number of aliphatic imine (C=N–C) groups is 1. The van der Waals surface area contributed by atoms with Crippen LogP contribution in [-0.4, -0.2) is 76.4 Å². The molecule has 680 valence electrons. The highest BCUT2D eigenvalue weighted by Crippen LogP contribution is 2.28. The van der Waals surface area contributed by atoms with Gasteiger partial charge in [0.05, 0.1) is 23.4 Å². The first-order valence-corrected chi connectivity index (χ1v) is 45.0. The van der Waals surface area contributed by atoms with Crippen molar-refractivity contribution >= 4 is 39.3 Å². The molecule has 1 aliphatic heterocycles. The van der Waals surface area contributed by atoms with E-state index in [-0.39, 0.29) is 27.7 Å². The molecular weight excluding hydrogens is 1560 g/mol. The number of para-hydroxylation sites is 1. The molecule has 0 radical (unpaired) electrons. The van der Waals surface area contributed by atoms with Gasteiger partial charge in [-0.2, -0.15) is 16.4 Å². The maximum atomic E-state index is 4.40. The number of thiophene rings is 2. The molecule has 1 aliphatic carbocycles. The topological polar surface area (TPSA) is 167 Å². The molecule has 124 heavy (non-hydrogen) atoms. The molecule has 14 rings (SSSR count). The molecule has 11 heterocycles. The highest BCUT2D eigenvalue weighted by atomic mass is 32.1. The predicted molar refractivity (Wildman–Crippen MR) is 546 cm³/mol. The lowest BCUT2D eigenvalue weighted by Gasteiger charge is -2.18. The second-order valence-electron chi connectivity index (χ2n) is 36.7. The van der Waals surface area contributed by atoms with Crippen LogP contribution in [0.25, 0.3) is 10.9 Å². The second kappa shape index (κ2) is 61.5. The molecular formula is C108H166N14S2. The summed E-state index contributed by atoms with van der Waals surface area (Å²) in [4.78, 5) is 45.4. The van der Waals surface area contributed by atoms with Gasteiger partial charge in [0.1, 0.15) is 18.0 Å². The fraction of sp³-hybridized carbons (Fsp3) is 0.472. The Morgan fingerprint density at radius 3 is 1.35 bits per heavy atom. The number of pyridine rings is 3. The smallest absolute Gasteiger partial charge is 0.115 e. The summed E-state index contributed by atoms with van der Waals surface area (Å²) in [6.45, 7) is 68.3. The Balaban J connectivity index is 0. The molecule has 0 fully saturated rings. The Bertz CT molecular complexity index is 4420. The third-order valence-corrected chi connectivity index (χ3v) is 20.7. The first kappa shape index (κ1) is 116. The van der Waals surface area contributed by atoms with Crippen molar-refractivity contribution in [2.45, 2.75) is 306 Å².